The third-order valence-corrected chi connectivity index (χ3v) is 9.93. The minimum Gasteiger partial charge on any atom is -0.494 e. The third kappa shape index (κ3) is 7.81. The van der Waals surface area contributed by atoms with Gasteiger partial charge in [0.2, 0.25) is 5.90 Å². The van der Waals surface area contributed by atoms with Gasteiger partial charge in [0, 0.05) is 41.6 Å². The van der Waals surface area contributed by atoms with Crippen molar-refractivity contribution >= 4 is 37.6 Å². The molecule has 0 aromatic heterocycles. The van der Waals surface area contributed by atoms with Crippen LogP contribution in [0.2, 0.25) is 0 Å². The van der Waals surface area contributed by atoms with E-state index in [4.69, 9.17) is 19.6 Å². The molecule has 1 heterocycles. The first kappa shape index (κ1) is 33.3. The van der Waals surface area contributed by atoms with Gasteiger partial charge in [0.25, 0.3) is 5.91 Å². The Morgan fingerprint density at radius 3 is 2.37 bits per heavy atom. The Morgan fingerprint density at radius 2 is 1.67 bits per heavy atom. The van der Waals surface area contributed by atoms with Gasteiger partial charge >= 0.3 is 0 Å². The van der Waals surface area contributed by atoms with E-state index in [9.17, 15) is 17.6 Å². The zero-order valence-electron chi connectivity index (χ0n) is 24.7. The standard InChI is InChI=1S/C34H33BrFN3O6S/c35-30-10-5-4-9-29(30)31-34(19-22-46(42,43)28-7-2-1-3-8-28,33(41)39-37-23-24-11-15-26(36)16-12-24)38-32(45-31)25-13-17-27(18-14-25)44-21-6-20-40/h1-5,7-18,31,37,40H,6,19-23H2,(H,39,41)/t31-,34-/m0/s1. The lowest BCUT2D eigenvalue weighted by molar-refractivity contribution is -0.130. The monoisotopic (exact) mass is 709 g/mol. The molecule has 0 radical (unpaired) electrons. The second-order valence-electron chi connectivity index (χ2n) is 10.6. The van der Waals surface area contributed by atoms with Gasteiger partial charge in [0.15, 0.2) is 21.5 Å². The molecular formula is C34H33BrFN3O6S. The van der Waals surface area contributed by atoms with E-state index in [1.807, 2.05) is 12.1 Å². The Labute approximate surface area is 275 Å². The summed E-state index contributed by atoms with van der Waals surface area (Å²) in [6.07, 6.45) is -0.715. The quantitative estimate of drug-likeness (QED) is 0.120. The molecule has 46 heavy (non-hydrogen) atoms. The number of hydrazine groups is 1. The third-order valence-electron chi connectivity index (χ3n) is 7.48. The van der Waals surface area contributed by atoms with Crippen molar-refractivity contribution in [1.82, 2.24) is 10.9 Å². The van der Waals surface area contributed by atoms with Crippen molar-refractivity contribution in [2.45, 2.75) is 35.9 Å². The van der Waals surface area contributed by atoms with Crippen LogP contribution in [-0.2, 0) is 25.9 Å². The molecule has 0 bridgehead atoms. The van der Waals surface area contributed by atoms with Gasteiger partial charge in [-0.2, -0.15) is 0 Å². The SMILES string of the molecule is O=C(NNCc1ccc(F)cc1)[C@@]1(CCS(=O)(=O)c2ccccc2)N=C(c2ccc(OCCCO)cc2)O[C@H]1c1ccccc1Br. The first-order valence-electron chi connectivity index (χ1n) is 14.6. The molecule has 12 heteroatoms. The normalized spacial score (nSPS) is 17.6. The first-order valence-corrected chi connectivity index (χ1v) is 17.1. The summed E-state index contributed by atoms with van der Waals surface area (Å²) in [5.74, 6) is -0.620. The van der Waals surface area contributed by atoms with Gasteiger partial charge in [-0.3, -0.25) is 10.2 Å². The molecule has 1 aliphatic rings. The van der Waals surface area contributed by atoms with Crippen LogP contribution in [0.1, 0.15) is 35.6 Å². The number of aliphatic hydroxyl groups is 1. The summed E-state index contributed by atoms with van der Waals surface area (Å²) in [4.78, 5) is 19.3. The number of rotatable bonds is 14. The zero-order valence-corrected chi connectivity index (χ0v) is 27.1. The molecule has 4 aromatic rings. The van der Waals surface area contributed by atoms with E-state index in [0.717, 1.165) is 5.56 Å². The lowest BCUT2D eigenvalue weighted by Crippen LogP contribution is -2.53. The molecule has 2 atom stereocenters. The minimum atomic E-state index is -3.81. The number of amides is 1. The fourth-order valence-corrected chi connectivity index (χ4v) is 6.89. The lowest BCUT2D eigenvalue weighted by atomic mass is 9.85. The maximum atomic E-state index is 14.3. The summed E-state index contributed by atoms with van der Waals surface area (Å²) in [6.45, 7) is 0.544. The van der Waals surface area contributed by atoms with E-state index in [1.165, 1.54) is 24.3 Å². The maximum Gasteiger partial charge on any atom is 0.266 e. The van der Waals surface area contributed by atoms with E-state index >= 15 is 0 Å². The summed E-state index contributed by atoms with van der Waals surface area (Å²) in [5, 5.41) is 9.04. The van der Waals surface area contributed by atoms with E-state index < -0.39 is 27.4 Å². The molecule has 3 N–H and O–H groups in total. The maximum absolute atomic E-state index is 14.3. The highest BCUT2D eigenvalue weighted by molar-refractivity contribution is 9.10. The number of nitrogens with zero attached hydrogens (tertiary/aromatic N) is 1. The van der Waals surface area contributed by atoms with Crippen LogP contribution in [0.5, 0.6) is 5.75 Å². The van der Waals surface area contributed by atoms with Crippen LogP contribution in [0, 0.1) is 5.82 Å². The van der Waals surface area contributed by atoms with Gasteiger partial charge in [-0.1, -0.05) is 64.5 Å². The first-order chi connectivity index (χ1) is 22.2. The Kier molecular flexibility index (Phi) is 10.8. The van der Waals surface area contributed by atoms with Crippen molar-refractivity contribution in [3.63, 3.8) is 0 Å². The predicted octanol–water partition coefficient (Wildman–Crippen LogP) is 5.29. The van der Waals surface area contributed by atoms with Crippen LogP contribution in [0.15, 0.2) is 117 Å². The predicted molar refractivity (Wildman–Crippen MR) is 175 cm³/mol. The molecule has 0 saturated carbocycles. The van der Waals surface area contributed by atoms with Crippen LogP contribution in [0.3, 0.4) is 0 Å². The van der Waals surface area contributed by atoms with E-state index in [1.54, 1.807) is 66.7 Å². The summed E-state index contributed by atoms with van der Waals surface area (Å²) >= 11 is 3.58. The minimum absolute atomic E-state index is 0.0159. The summed E-state index contributed by atoms with van der Waals surface area (Å²) in [7, 11) is -3.81. The number of aliphatic hydroxyl groups excluding tert-OH is 1. The highest BCUT2D eigenvalue weighted by Crippen LogP contribution is 2.45. The van der Waals surface area contributed by atoms with Gasteiger partial charge in [0.05, 0.1) is 17.3 Å². The van der Waals surface area contributed by atoms with Gasteiger partial charge in [-0.15, -0.1) is 0 Å². The van der Waals surface area contributed by atoms with Crippen molar-refractivity contribution < 1.29 is 32.2 Å². The molecule has 240 valence electrons. The molecule has 5 rings (SSSR count). The number of benzene rings is 4. The topological polar surface area (TPSA) is 126 Å². The number of aliphatic imine (C=N–C) groups is 1. The Morgan fingerprint density at radius 1 is 0.978 bits per heavy atom. The molecule has 9 nitrogen and oxygen atoms in total. The van der Waals surface area contributed by atoms with Crippen molar-refractivity contribution in [1.29, 1.82) is 0 Å². The van der Waals surface area contributed by atoms with Crippen molar-refractivity contribution in [3.05, 3.63) is 130 Å². The largest absolute Gasteiger partial charge is 0.494 e. The smallest absolute Gasteiger partial charge is 0.266 e. The lowest BCUT2D eigenvalue weighted by Gasteiger charge is -2.31. The Hall–Kier alpha value is -4.10. The Bertz CT molecular complexity index is 1770. The number of nitrogens with one attached hydrogen (secondary N) is 2. The van der Waals surface area contributed by atoms with Crippen LogP contribution in [-0.4, -0.2) is 49.8 Å². The molecule has 0 saturated heterocycles. The van der Waals surface area contributed by atoms with Crippen LogP contribution < -0.4 is 15.6 Å². The fraction of sp³-hybridized carbons (Fsp3) is 0.235. The van der Waals surface area contributed by atoms with E-state index in [2.05, 4.69) is 26.8 Å². The van der Waals surface area contributed by atoms with Crippen LogP contribution in [0.25, 0.3) is 0 Å². The molecule has 0 unspecified atom stereocenters. The molecule has 1 amide bonds. The molecular weight excluding hydrogens is 677 g/mol. The van der Waals surface area contributed by atoms with Crippen LogP contribution >= 0.6 is 15.9 Å². The van der Waals surface area contributed by atoms with Crippen molar-refractivity contribution in [3.8, 4) is 5.75 Å². The summed E-state index contributed by atoms with van der Waals surface area (Å²) in [6, 6.07) is 28.1. The number of halogens is 2. The van der Waals surface area contributed by atoms with E-state index in [-0.39, 0.29) is 41.9 Å². The van der Waals surface area contributed by atoms with Gasteiger partial charge < -0.3 is 14.6 Å². The molecule has 0 aliphatic carbocycles. The highest BCUT2D eigenvalue weighted by atomic mass is 79.9. The second-order valence-corrected chi connectivity index (χ2v) is 13.6. The number of carbonyl (C=O) groups excluding carboxylic acids is 1. The number of sulfone groups is 1. The van der Waals surface area contributed by atoms with Crippen LogP contribution in [0.4, 0.5) is 4.39 Å². The van der Waals surface area contributed by atoms with Crippen molar-refractivity contribution in [2.24, 2.45) is 4.99 Å². The average Bonchev–Trinajstić information content (AvgIpc) is 3.46. The average molecular weight is 711 g/mol. The van der Waals surface area contributed by atoms with Gasteiger partial charge in [0.1, 0.15) is 11.6 Å². The summed E-state index contributed by atoms with van der Waals surface area (Å²) < 4.78 is 53.1. The Balaban J connectivity index is 1.52. The number of hydrogen-bond acceptors (Lipinski definition) is 8. The fourth-order valence-electron chi connectivity index (χ4n) is 5.01. The van der Waals surface area contributed by atoms with Gasteiger partial charge in [-0.25, -0.2) is 23.2 Å². The van der Waals surface area contributed by atoms with Crippen molar-refractivity contribution in [2.75, 3.05) is 19.0 Å². The molecule has 4 aromatic carbocycles. The second kappa shape index (κ2) is 15.0. The number of hydrogen-bond donors (Lipinski definition) is 3. The van der Waals surface area contributed by atoms with Gasteiger partial charge in [-0.05, 0) is 60.2 Å². The number of carbonyl (C=O) groups is 1. The highest BCUT2D eigenvalue weighted by Gasteiger charge is 2.54. The zero-order chi connectivity index (χ0) is 32.6. The molecule has 0 fully saturated rings. The molecule has 0 spiro atoms. The number of ether oxygens (including phenoxy) is 2. The van der Waals surface area contributed by atoms with E-state index in [0.29, 0.717) is 34.4 Å². The molecule has 1 aliphatic heterocycles. The summed E-state index contributed by atoms with van der Waals surface area (Å²) in [5.41, 5.74) is 5.77.